The quantitative estimate of drug-likeness (QED) is 0.395. The highest BCUT2D eigenvalue weighted by molar-refractivity contribution is 5.89. The normalized spacial score (nSPS) is 14.8. The Morgan fingerprint density at radius 1 is 1.00 bits per heavy atom. The molecule has 3 rings (SSSR count). The van der Waals surface area contributed by atoms with Crippen LogP contribution in [0.25, 0.3) is 11.1 Å². The number of amides is 2. The fourth-order valence-electron chi connectivity index (χ4n) is 4.42. The summed E-state index contributed by atoms with van der Waals surface area (Å²) in [5.41, 5.74) is 4.43. The van der Waals surface area contributed by atoms with Crippen molar-refractivity contribution in [1.82, 2.24) is 10.6 Å². The monoisotopic (exact) mass is 482 g/mol. The fraction of sp³-hybridized carbons (Fsp3) is 0.444. The summed E-state index contributed by atoms with van der Waals surface area (Å²) >= 11 is 0. The third-order valence-electron chi connectivity index (χ3n) is 6.57. The van der Waals surface area contributed by atoms with Crippen LogP contribution in [0.3, 0.4) is 0 Å². The molecule has 1 aliphatic carbocycles. The standard InChI is InChI=1S/C27H34N2O6/c1-4-17(2)24(26(31)32)29-25(30)23(14-9-15-34-3)28-27(33)35-16-22-20-12-7-5-10-18(20)19-11-6-8-13-21(19)22/h5-8,10-13,17,22-24H,4,9,14-16H2,1-3H3,(H,28,33)(H,29,30)(H,31,32)/t17-,23?,24-/m0/s1. The zero-order valence-corrected chi connectivity index (χ0v) is 20.5. The van der Waals surface area contributed by atoms with Crippen LogP contribution in [-0.4, -0.2) is 55.5 Å². The average molecular weight is 483 g/mol. The summed E-state index contributed by atoms with van der Waals surface area (Å²) in [6, 6.07) is 14.1. The molecule has 0 bridgehead atoms. The third-order valence-corrected chi connectivity index (χ3v) is 6.57. The molecule has 0 saturated carbocycles. The van der Waals surface area contributed by atoms with Crippen LogP contribution in [0.5, 0.6) is 0 Å². The minimum atomic E-state index is -1.11. The molecule has 0 saturated heterocycles. The molecule has 188 valence electrons. The van der Waals surface area contributed by atoms with E-state index in [0.717, 1.165) is 22.3 Å². The van der Waals surface area contributed by atoms with E-state index < -0.39 is 30.1 Å². The van der Waals surface area contributed by atoms with Crippen molar-refractivity contribution < 1.29 is 29.0 Å². The molecule has 8 nitrogen and oxygen atoms in total. The Hall–Kier alpha value is -3.39. The number of fused-ring (bicyclic) bond motifs is 3. The molecule has 0 fully saturated rings. The van der Waals surface area contributed by atoms with Crippen LogP contribution in [0.15, 0.2) is 48.5 Å². The molecule has 2 amide bonds. The molecular formula is C27H34N2O6. The largest absolute Gasteiger partial charge is 0.480 e. The summed E-state index contributed by atoms with van der Waals surface area (Å²) < 4.78 is 10.6. The summed E-state index contributed by atoms with van der Waals surface area (Å²) in [7, 11) is 1.55. The maximum absolute atomic E-state index is 12.9. The first-order chi connectivity index (χ1) is 16.9. The number of carboxylic acid groups (broad SMARTS) is 1. The van der Waals surface area contributed by atoms with Gasteiger partial charge in [-0.2, -0.15) is 0 Å². The molecule has 3 N–H and O–H groups in total. The smallest absolute Gasteiger partial charge is 0.407 e. The van der Waals surface area contributed by atoms with Gasteiger partial charge >= 0.3 is 12.1 Å². The molecule has 35 heavy (non-hydrogen) atoms. The van der Waals surface area contributed by atoms with E-state index in [1.807, 2.05) is 43.3 Å². The molecule has 1 aliphatic rings. The highest BCUT2D eigenvalue weighted by atomic mass is 16.5. The van der Waals surface area contributed by atoms with Crippen LogP contribution in [0, 0.1) is 5.92 Å². The van der Waals surface area contributed by atoms with Crippen LogP contribution >= 0.6 is 0 Å². The first-order valence-electron chi connectivity index (χ1n) is 12.0. The van der Waals surface area contributed by atoms with Gasteiger partial charge in [-0.1, -0.05) is 68.8 Å². The summed E-state index contributed by atoms with van der Waals surface area (Å²) in [4.78, 5) is 37.3. The van der Waals surface area contributed by atoms with Crippen LogP contribution in [-0.2, 0) is 19.1 Å². The van der Waals surface area contributed by atoms with Crippen LogP contribution < -0.4 is 10.6 Å². The molecule has 8 heteroatoms. The molecule has 3 atom stereocenters. The lowest BCUT2D eigenvalue weighted by Crippen LogP contribution is -2.53. The minimum Gasteiger partial charge on any atom is -0.480 e. The summed E-state index contributed by atoms with van der Waals surface area (Å²) in [5, 5.41) is 14.7. The van der Waals surface area contributed by atoms with Crippen molar-refractivity contribution in [2.45, 2.75) is 51.1 Å². The molecule has 0 aliphatic heterocycles. The zero-order chi connectivity index (χ0) is 25.4. The first kappa shape index (κ1) is 26.2. The van der Waals surface area contributed by atoms with Crippen molar-refractivity contribution in [3.63, 3.8) is 0 Å². The summed E-state index contributed by atoms with van der Waals surface area (Å²) in [6.07, 6.45) is 0.668. The van der Waals surface area contributed by atoms with Crippen LogP contribution in [0.2, 0.25) is 0 Å². The van der Waals surface area contributed by atoms with Crippen molar-refractivity contribution in [2.24, 2.45) is 5.92 Å². The molecular weight excluding hydrogens is 448 g/mol. The van der Waals surface area contributed by atoms with Gasteiger partial charge in [0.1, 0.15) is 18.7 Å². The van der Waals surface area contributed by atoms with E-state index in [9.17, 15) is 19.5 Å². The van der Waals surface area contributed by atoms with Gasteiger partial charge in [-0.05, 0) is 41.0 Å². The predicted octanol–water partition coefficient (Wildman–Crippen LogP) is 3.94. The number of methoxy groups -OCH3 is 1. The molecule has 2 aromatic carbocycles. The Morgan fingerprint density at radius 2 is 1.60 bits per heavy atom. The Morgan fingerprint density at radius 3 is 2.14 bits per heavy atom. The van der Waals surface area contributed by atoms with E-state index in [0.29, 0.717) is 19.4 Å². The lowest BCUT2D eigenvalue weighted by atomic mass is 9.98. The number of aliphatic carboxylic acids is 1. The molecule has 2 aromatic rings. The second-order valence-electron chi connectivity index (χ2n) is 8.87. The molecule has 0 spiro atoms. The van der Waals surface area contributed by atoms with E-state index in [2.05, 4.69) is 22.8 Å². The SMILES string of the molecule is CC[C@H](C)[C@H](NC(=O)C(CCCOC)NC(=O)OCC1c2ccccc2-c2ccccc21)C(=O)O. The van der Waals surface area contributed by atoms with Gasteiger partial charge < -0.3 is 25.2 Å². The van der Waals surface area contributed by atoms with Crippen molar-refractivity contribution >= 4 is 18.0 Å². The maximum atomic E-state index is 12.9. The van der Waals surface area contributed by atoms with Gasteiger partial charge in [-0.15, -0.1) is 0 Å². The van der Waals surface area contributed by atoms with Gasteiger partial charge in [-0.25, -0.2) is 9.59 Å². The third kappa shape index (κ3) is 6.39. The van der Waals surface area contributed by atoms with Gasteiger partial charge in [0.15, 0.2) is 0 Å². The number of benzene rings is 2. The number of hydrogen-bond donors (Lipinski definition) is 3. The number of carboxylic acids is 1. The second kappa shape index (κ2) is 12.4. The van der Waals surface area contributed by atoms with Crippen molar-refractivity contribution in [1.29, 1.82) is 0 Å². The molecule has 0 heterocycles. The van der Waals surface area contributed by atoms with Crippen molar-refractivity contribution in [3.8, 4) is 11.1 Å². The van der Waals surface area contributed by atoms with Crippen molar-refractivity contribution in [2.75, 3.05) is 20.3 Å². The number of ether oxygens (including phenoxy) is 2. The Kier molecular flexibility index (Phi) is 9.25. The number of rotatable bonds is 12. The lowest BCUT2D eigenvalue weighted by molar-refractivity contribution is -0.143. The van der Waals surface area contributed by atoms with E-state index in [-0.39, 0.29) is 24.9 Å². The van der Waals surface area contributed by atoms with Crippen LogP contribution in [0.4, 0.5) is 4.79 Å². The maximum Gasteiger partial charge on any atom is 0.407 e. The Labute approximate surface area is 206 Å². The summed E-state index contributed by atoms with van der Waals surface area (Å²) in [5.74, 6) is -2.02. The Balaban J connectivity index is 1.67. The fourth-order valence-corrected chi connectivity index (χ4v) is 4.42. The molecule has 0 aromatic heterocycles. The van der Waals surface area contributed by atoms with E-state index in [4.69, 9.17) is 9.47 Å². The first-order valence-corrected chi connectivity index (χ1v) is 12.0. The number of alkyl carbamates (subject to hydrolysis) is 1. The van der Waals surface area contributed by atoms with E-state index in [1.54, 1.807) is 14.0 Å². The minimum absolute atomic E-state index is 0.101. The number of carbonyl (C=O) groups excluding carboxylic acids is 2. The van der Waals surface area contributed by atoms with Crippen molar-refractivity contribution in [3.05, 3.63) is 59.7 Å². The summed E-state index contributed by atoms with van der Waals surface area (Å²) in [6.45, 7) is 4.15. The van der Waals surface area contributed by atoms with Gasteiger partial charge in [0.2, 0.25) is 5.91 Å². The number of nitrogens with one attached hydrogen (secondary N) is 2. The van der Waals surface area contributed by atoms with Gasteiger partial charge in [0, 0.05) is 19.6 Å². The molecule has 1 unspecified atom stereocenters. The zero-order valence-electron chi connectivity index (χ0n) is 20.5. The predicted molar refractivity (Wildman–Crippen MR) is 132 cm³/mol. The highest BCUT2D eigenvalue weighted by Gasteiger charge is 2.31. The number of hydrogen-bond acceptors (Lipinski definition) is 5. The van der Waals surface area contributed by atoms with E-state index >= 15 is 0 Å². The topological polar surface area (TPSA) is 114 Å². The second-order valence-corrected chi connectivity index (χ2v) is 8.87. The number of carbonyl (C=O) groups is 3. The van der Waals surface area contributed by atoms with E-state index in [1.165, 1.54) is 0 Å². The molecule has 0 radical (unpaired) electrons. The lowest BCUT2D eigenvalue weighted by Gasteiger charge is -2.24. The highest BCUT2D eigenvalue weighted by Crippen LogP contribution is 2.44. The Bertz CT molecular complexity index is 994. The van der Waals surface area contributed by atoms with Gasteiger partial charge in [0.05, 0.1) is 0 Å². The average Bonchev–Trinajstić information content (AvgIpc) is 3.18. The van der Waals surface area contributed by atoms with Gasteiger partial charge in [-0.3, -0.25) is 4.79 Å². The van der Waals surface area contributed by atoms with Crippen LogP contribution in [0.1, 0.15) is 50.2 Å². The van der Waals surface area contributed by atoms with Gasteiger partial charge in [0.25, 0.3) is 0 Å².